The van der Waals surface area contributed by atoms with E-state index in [9.17, 15) is 9.18 Å². The summed E-state index contributed by atoms with van der Waals surface area (Å²) in [5, 5.41) is 8.70. The Kier molecular flexibility index (Phi) is 2.13. The molecule has 0 amide bonds. The Morgan fingerprint density at radius 1 is 1.42 bits per heavy atom. The number of aromatic carboxylic acids is 1. The van der Waals surface area contributed by atoms with Crippen LogP contribution >= 0.6 is 0 Å². The fraction of sp³-hybridized carbons (Fsp3) is 0.222. The minimum Gasteiger partial charge on any atom is -0.478 e. The molecule has 12 heavy (non-hydrogen) atoms. The minimum absolute atomic E-state index is 0.0648. The molecule has 1 rings (SSSR count). The molecule has 0 atom stereocenters. The van der Waals surface area contributed by atoms with Crippen LogP contribution in [-0.4, -0.2) is 11.1 Å². The van der Waals surface area contributed by atoms with Crippen molar-refractivity contribution in [3.05, 3.63) is 34.6 Å². The third-order valence-corrected chi connectivity index (χ3v) is 1.82. The second kappa shape index (κ2) is 2.93. The maximum Gasteiger partial charge on any atom is 0.336 e. The fourth-order valence-electron chi connectivity index (χ4n) is 1.15. The van der Waals surface area contributed by atoms with Crippen LogP contribution in [-0.2, 0) is 0 Å². The molecule has 0 heterocycles. The van der Waals surface area contributed by atoms with Crippen molar-refractivity contribution >= 4 is 5.97 Å². The van der Waals surface area contributed by atoms with Gasteiger partial charge in [-0.3, -0.25) is 0 Å². The molecule has 0 saturated carbocycles. The molecule has 0 saturated heterocycles. The molecule has 0 aromatic heterocycles. The standard InChI is InChI=1S/C9H9FO2/c1-5-3-4-7(10)6(2)8(5)9(11)12/h3-4H,1-2H3,(H,11,12). The van der Waals surface area contributed by atoms with E-state index in [-0.39, 0.29) is 11.1 Å². The average molecular weight is 168 g/mol. The Labute approximate surface area is 69.6 Å². The van der Waals surface area contributed by atoms with Crippen LogP contribution in [0.25, 0.3) is 0 Å². The third-order valence-electron chi connectivity index (χ3n) is 1.82. The minimum atomic E-state index is -1.08. The van der Waals surface area contributed by atoms with Crippen molar-refractivity contribution in [2.24, 2.45) is 0 Å². The average Bonchev–Trinajstić information content (AvgIpc) is 1.97. The van der Waals surface area contributed by atoms with Crippen molar-refractivity contribution in [1.29, 1.82) is 0 Å². The van der Waals surface area contributed by atoms with Crippen LogP contribution in [0, 0.1) is 19.7 Å². The summed E-state index contributed by atoms with van der Waals surface area (Å²) in [5.74, 6) is -1.55. The predicted octanol–water partition coefficient (Wildman–Crippen LogP) is 2.14. The zero-order valence-electron chi connectivity index (χ0n) is 6.89. The topological polar surface area (TPSA) is 37.3 Å². The SMILES string of the molecule is Cc1ccc(F)c(C)c1C(=O)O. The molecule has 0 unspecified atom stereocenters. The molecule has 0 aliphatic rings. The van der Waals surface area contributed by atoms with Gasteiger partial charge in [-0.2, -0.15) is 0 Å². The Morgan fingerprint density at radius 3 is 2.42 bits per heavy atom. The van der Waals surface area contributed by atoms with Gasteiger partial charge in [-0.05, 0) is 31.0 Å². The van der Waals surface area contributed by atoms with Gasteiger partial charge in [0.05, 0.1) is 5.56 Å². The first kappa shape index (κ1) is 8.71. The zero-order valence-corrected chi connectivity index (χ0v) is 6.89. The number of halogens is 1. The first-order valence-corrected chi connectivity index (χ1v) is 3.53. The summed E-state index contributed by atoms with van der Waals surface area (Å²) < 4.78 is 12.9. The van der Waals surface area contributed by atoms with Crippen molar-refractivity contribution in [3.63, 3.8) is 0 Å². The van der Waals surface area contributed by atoms with Crippen molar-refractivity contribution in [3.8, 4) is 0 Å². The van der Waals surface area contributed by atoms with Crippen LogP contribution in [0.1, 0.15) is 21.5 Å². The lowest BCUT2D eigenvalue weighted by Crippen LogP contribution is -2.04. The number of benzene rings is 1. The highest BCUT2D eigenvalue weighted by Gasteiger charge is 2.12. The van der Waals surface area contributed by atoms with E-state index in [2.05, 4.69) is 0 Å². The van der Waals surface area contributed by atoms with Crippen molar-refractivity contribution in [2.75, 3.05) is 0 Å². The van der Waals surface area contributed by atoms with E-state index >= 15 is 0 Å². The van der Waals surface area contributed by atoms with Crippen molar-refractivity contribution in [1.82, 2.24) is 0 Å². The number of carbonyl (C=O) groups is 1. The van der Waals surface area contributed by atoms with Gasteiger partial charge in [-0.25, -0.2) is 9.18 Å². The largest absolute Gasteiger partial charge is 0.478 e. The molecule has 64 valence electrons. The van der Waals surface area contributed by atoms with E-state index in [0.717, 1.165) is 0 Å². The van der Waals surface area contributed by atoms with Crippen LogP contribution in [0.3, 0.4) is 0 Å². The molecule has 0 spiro atoms. The molecule has 3 heteroatoms. The number of carboxylic acids is 1. The smallest absolute Gasteiger partial charge is 0.336 e. The first-order valence-electron chi connectivity index (χ1n) is 3.53. The molecule has 0 radical (unpaired) electrons. The van der Waals surface area contributed by atoms with Crippen LogP contribution in [0.4, 0.5) is 4.39 Å². The van der Waals surface area contributed by atoms with E-state index in [1.807, 2.05) is 0 Å². The molecule has 2 nitrogen and oxygen atoms in total. The highest BCUT2D eigenvalue weighted by atomic mass is 19.1. The third kappa shape index (κ3) is 1.30. The second-order valence-electron chi connectivity index (χ2n) is 2.67. The van der Waals surface area contributed by atoms with Gasteiger partial charge < -0.3 is 5.11 Å². The molecule has 0 aliphatic carbocycles. The summed E-state index contributed by atoms with van der Waals surface area (Å²) in [6.07, 6.45) is 0. The van der Waals surface area contributed by atoms with Crippen LogP contribution in [0.2, 0.25) is 0 Å². The molecule has 0 fully saturated rings. The van der Waals surface area contributed by atoms with Crippen LogP contribution in [0.5, 0.6) is 0 Å². The fourth-order valence-corrected chi connectivity index (χ4v) is 1.15. The van der Waals surface area contributed by atoms with Gasteiger partial charge in [-0.1, -0.05) is 6.07 Å². The molecule has 0 aliphatic heterocycles. The maximum atomic E-state index is 12.9. The van der Waals surface area contributed by atoms with E-state index in [0.29, 0.717) is 5.56 Å². The van der Waals surface area contributed by atoms with E-state index in [4.69, 9.17) is 5.11 Å². The molecule has 1 aromatic rings. The Morgan fingerprint density at radius 2 is 2.00 bits per heavy atom. The highest BCUT2D eigenvalue weighted by molar-refractivity contribution is 5.91. The molecule has 0 bridgehead atoms. The van der Waals surface area contributed by atoms with Gasteiger partial charge in [0.25, 0.3) is 0 Å². The second-order valence-corrected chi connectivity index (χ2v) is 2.67. The predicted molar refractivity (Wildman–Crippen MR) is 42.8 cm³/mol. The number of aryl methyl sites for hydroxylation is 1. The summed E-state index contributed by atoms with van der Waals surface area (Å²) in [6.45, 7) is 3.11. The van der Waals surface area contributed by atoms with E-state index in [1.54, 1.807) is 6.92 Å². The molecule has 1 N–H and O–H groups in total. The van der Waals surface area contributed by atoms with Gasteiger partial charge in [-0.15, -0.1) is 0 Å². The van der Waals surface area contributed by atoms with Gasteiger partial charge in [0.1, 0.15) is 5.82 Å². The monoisotopic (exact) mass is 168 g/mol. The maximum absolute atomic E-state index is 12.9. The highest BCUT2D eigenvalue weighted by Crippen LogP contribution is 2.16. The number of hydrogen-bond donors (Lipinski definition) is 1. The first-order chi connectivity index (χ1) is 5.54. The lowest BCUT2D eigenvalue weighted by atomic mass is 10.0. The van der Waals surface area contributed by atoms with Crippen LogP contribution in [0.15, 0.2) is 12.1 Å². The quantitative estimate of drug-likeness (QED) is 0.697. The summed E-state index contributed by atoms with van der Waals surface area (Å²) in [4.78, 5) is 10.6. The molecule has 1 aromatic carbocycles. The summed E-state index contributed by atoms with van der Waals surface area (Å²) >= 11 is 0. The lowest BCUT2D eigenvalue weighted by molar-refractivity contribution is 0.0694. The normalized spacial score (nSPS) is 9.92. The Balaban J connectivity index is 3.43. The summed E-state index contributed by atoms with van der Waals surface area (Å²) in [6, 6.07) is 2.74. The number of carboxylic acid groups (broad SMARTS) is 1. The van der Waals surface area contributed by atoms with E-state index in [1.165, 1.54) is 19.1 Å². The summed E-state index contributed by atoms with van der Waals surface area (Å²) in [7, 11) is 0. The van der Waals surface area contributed by atoms with Gasteiger partial charge in [0.2, 0.25) is 0 Å². The van der Waals surface area contributed by atoms with Crippen LogP contribution < -0.4 is 0 Å². The lowest BCUT2D eigenvalue weighted by Gasteiger charge is -2.04. The van der Waals surface area contributed by atoms with E-state index < -0.39 is 11.8 Å². The number of rotatable bonds is 1. The van der Waals surface area contributed by atoms with Gasteiger partial charge in [0.15, 0.2) is 0 Å². The molecular weight excluding hydrogens is 159 g/mol. The number of hydrogen-bond acceptors (Lipinski definition) is 1. The van der Waals surface area contributed by atoms with Crippen molar-refractivity contribution in [2.45, 2.75) is 13.8 Å². The van der Waals surface area contributed by atoms with Crippen molar-refractivity contribution < 1.29 is 14.3 Å². The molecular formula is C9H9FO2. The van der Waals surface area contributed by atoms with Gasteiger partial charge in [0, 0.05) is 0 Å². The zero-order chi connectivity index (χ0) is 9.30. The Hall–Kier alpha value is -1.38. The van der Waals surface area contributed by atoms with Gasteiger partial charge >= 0.3 is 5.97 Å². The summed E-state index contributed by atoms with van der Waals surface area (Å²) in [5.41, 5.74) is 0.846. The Bertz CT molecular complexity index is 332.